The van der Waals surface area contributed by atoms with Gasteiger partial charge < -0.3 is 16.5 Å². The van der Waals surface area contributed by atoms with E-state index in [1.54, 1.807) is 25.1 Å². The summed E-state index contributed by atoms with van der Waals surface area (Å²) in [4.78, 5) is 21.9. The molecule has 26 heavy (non-hydrogen) atoms. The van der Waals surface area contributed by atoms with Gasteiger partial charge in [0.2, 0.25) is 11.6 Å². The van der Waals surface area contributed by atoms with E-state index in [1.807, 2.05) is 0 Å². The molecule has 0 saturated heterocycles. The van der Waals surface area contributed by atoms with Crippen molar-refractivity contribution in [1.29, 1.82) is 0 Å². The molecule has 0 saturated carbocycles. The number of aromatic amines is 1. The van der Waals surface area contributed by atoms with Crippen LogP contribution in [0.2, 0.25) is 5.02 Å². The van der Waals surface area contributed by atoms with E-state index in [9.17, 15) is 9.18 Å². The SMILES string of the molecule is [C-]#[N+]c1ccc(-c2ccc3[nH]c([C@@H](N)[C@@H](C)C(N)=O)nc3c2Cl)cc1F. The second-order valence-electron chi connectivity index (χ2n) is 5.94. The maximum absolute atomic E-state index is 13.9. The molecule has 0 spiro atoms. The Bertz CT molecular complexity index is 1060. The summed E-state index contributed by atoms with van der Waals surface area (Å²) >= 11 is 6.46. The Morgan fingerprint density at radius 2 is 2.12 bits per heavy atom. The summed E-state index contributed by atoms with van der Waals surface area (Å²) < 4.78 is 13.9. The van der Waals surface area contributed by atoms with Crippen LogP contribution in [0.15, 0.2) is 30.3 Å². The van der Waals surface area contributed by atoms with Gasteiger partial charge in [-0.15, -0.1) is 0 Å². The van der Waals surface area contributed by atoms with Gasteiger partial charge in [-0.05, 0) is 17.7 Å². The van der Waals surface area contributed by atoms with Gasteiger partial charge in [-0.1, -0.05) is 36.7 Å². The molecular formula is C18H15ClFN5O. The Kier molecular flexibility index (Phi) is 4.64. The summed E-state index contributed by atoms with van der Waals surface area (Å²) in [5.74, 6) is -1.36. The highest BCUT2D eigenvalue weighted by atomic mass is 35.5. The summed E-state index contributed by atoms with van der Waals surface area (Å²) in [6.07, 6.45) is 0. The topological polar surface area (TPSA) is 102 Å². The van der Waals surface area contributed by atoms with Crippen LogP contribution in [0.4, 0.5) is 10.1 Å². The molecule has 6 nitrogen and oxygen atoms in total. The highest BCUT2D eigenvalue weighted by Gasteiger charge is 2.23. The predicted molar refractivity (Wildman–Crippen MR) is 98.0 cm³/mol. The van der Waals surface area contributed by atoms with Crippen LogP contribution in [-0.2, 0) is 4.79 Å². The lowest BCUT2D eigenvalue weighted by atomic mass is 10.0. The van der Waals surface area contributed by atoms with E-state index < -0.39 is 23.7 Å². The van der Waals surface area contributed by atoms with Gasteiger partial charge in [-0.2, -0.15) is 0 Å². The van der Waals surface area contributed by atoms with E-state index in [0.717, 1.165) is 0 Å². The third kappa shape index (κ3) is 3.01. The smallest absolute Gasteiger partial charge is 0.222 e. The Morgan fingerprint density at radius 3 is 2.73 bits per heavy atom. The molecule has 0 bridgehead atoms. The van der Waals surface area contributed by atoms with Gasteiger partial charge in [0, 0.05) is 5.56 Å². The molecule has 0 fully saturated rings. The highest BCUT2D eigenvalue weighted by molar-refractivity contribution is 6.37. The van der Waals surface area contributed by atoms with Crippen LogP contribution < -0.4 is 11.5 Å². The van der Waals surface area contributed by atoms with E-state index in [0.29, 0.717) is 33.0 Å². The lowest BCUT2D eigenvalue weighted by Gasteiger charge is -2.13. The number of primary amides is 1. The monoisotopic (exact) mass is 371 g/mol. The lowest BCUT2D eigenvalue weighted by Crippen LogP contribution is -2.31. The van der Waals surface area contributed by atoms with Crippen LogP contribution in [0.3, 0.4) is 0 Å². The minimum absolute atomic E-state index is 0.0561. The molecule has 1 amide bonds. The molecule has 5 N–H and O–H groups in total. The van der Waals surface area contributed by atoms with E-state index in [2.05, 4.69) is 14.8 Å². The zero-order chi connectivity index (χ0) is 19.0. The molecular weight excluding hydrogens is 357 g/mol. The van der Waals surface area contributed by atoms with Crippen LogP contribution in [0.1, 0.15) is 18.8 Å². The summed E-state index contributed by atoms with van der Waals surface area (Å²) in [6.45, 7) is 8.54. The number of carbonyl (C=O) groups is 1. The molecule has 3 aromatic rings. The average Bonchev–Trinajstić information content (AvgIpc) is 3.05. The average molecular weight is 372 g/mol. The van der Waals surface area contributed by atoms with Gasteiger partial charge in [-0.3, -0.25) is 4.79 Å². The van der Waals surface area contributed by atoms with Crippen molar-refractivity contribution in [3.8, 4) is 11.1 Å². The number of nitrogens with one attached hydrogen (secondary N) is 1. The van der Waals surface area contributed by atoms with Crippen LogP contribution in [0.5, 0.6) is 0 Å². The molecule has 2 aromatic carbocycles. The molecule has 1 heterocycles. The van der Waals surface area contributed by atoms with Gasteiger partial charge in [-0.25, -0.2) is 14.2 Å². The molecule has 1 aromatic heterocycles. The zero-order valence-electron chi connectivity index (χ0n) is 13.8. The minimum Gasteiger partial charge on any atom is -0.369 e. The molecule has 0 aliphatic carbocycles. The van der Waals surface area contributed by atoms with Crippen LogP contribution in [0, 0.1) is 18.3 Å². The zero-order valence-corrected chi connectivity index (χ0v) is 14.5. The number of halogens is 2. The van der Waals surface area contributed by atoms with Crippen molar-refractivity contribution in [3.63, 3.8) is 0 Å². The summed E-state index contributed by atoms with van der Waals surface area (Å²) in [7, 11) is 0. The largest absolute Gasteiger partial charge is 0.369 e. The first-order valence-corrected chi connectivity index (χ1v) is 8.11. The van der Waals surface area contributed by atoms with E-state index >= 15 is 0 Å². The number of nitrogens with two attached hydrogens (primary N) is 2. The Labute approximate surface area is 153 Å². The maximum Gasteiger partial charge on any atom is 0.222 e. The van der Waals surface area contributed by atoms with E-state index in [-0.39, 0.29) is 5.69 Å². The van der Waals surface area contributed by atoms with Crippen molar-refractivity contribution >= 4 is 34.2 Å². The van der Waals surface area contributed by atoms with Gasteiger partial charge in [0.05, 0.1) is 29.1 Å². The molecule has 0 radical (unpaired) electrons. The number of hydrogen-bond donors (Lipinski definition) is 3. The fourth-order valence-electron chi connectivity index (χ4n) is 2.62. The molecule has 0 unspecified atom stereocenters. The lowest BCUT2D eigenvalue weighted by molar-refractivity contribution is -0.121. The number of imidazole rings is 1. The quantitative estimate of drug-likeness (QED) is 0.609. The number of H-pyrrole nitrogens is 1. The Morgan fingerprint density at radius 1 is 1.38 bits per heavy atom. The molecule has 0 aliphatic heterocycles. The first-order valence-electron chi connectivity index (χ1n) is 7.74. The van der Waals surface area contributed by atoms with Crippen molar-refractivity contribution in [2.75, 3.05) is 0 Å². The van der Waals surface area contributed by atoms with Crippen LogP contribution in [-0.4, -0.2) is 15.9 Å². The standard InChI is InChI=1S/C18H15ClFN5O/c1-8(17(22)26)15(21)18-24-13-6-4-10(14(19)16(13)25-18)9-3-5-12(23-2)11(20)7-9/h3-8,15H,21H2,1H3,(H2,22,26)(H,24,25)/t8-,15+/m1/s1. The number of hydrogen-bond acceptors (Lipinski definition) is 3. The molecule has 8 heteroatoms. The van der Waals surface area contributed by atoms with Gasteiger partial charge >= 0.3 is 0 Å². The van der Waals surface area contributed by atoms with Crippen LogP contribution in [0.25, 0.3) is 27.0 Å². The second kappa shape index (κ2) is 6.75. The first kappa shape index (κ1) is 17.9. The van der Waals surface area contributed by atoms with E-state index in [4.69, 9.17) is 29.6 Å². The number of benzene rings is 2. The Hall–Kier alpha value is -2.95. The van der Waals surface area contributed by atoms with Crippen molar-refractivity contribution in [2.45, 2.75) is 13.0 Å². The van der Waals surface area contributed by atoms with Crippen molar-refractivity contribution < 1.29 is 9.18 Å². The van der Waals surface area contributed by atoms with Crippen molar-refractivity contribution in [1.82, 2.24) is 9.97 Å². The predicted octanol–water partition coefficient (Wildman–Crippen LogP) is 3.69. The minimum atomic E-state index is -0.699. The second-order valence-corrected chi connectivity index (χ2v) is 6.32. The highest BCUT2D eigenvalue weighted by Crippen LogP contribution is 2.35. The number of aromatic nitrogens is 2. The molecule has 0 aliphatic rings. The van der Waals surface area contributed by atoms with Crippen molar-refractivity contribution in [2.24, 2.45) is 17.4 Å². The summed E-state index contributed by atoms with van der Waals surface area (Å²) in [5, 5.41) is 0.318. The molecule has 2 atom stereocenters. The normalized spacial score (nSPS) is 13.3. The first-order chi connectivity index (χ1) is 12.3. The van der Waals surface area contributed by atoms with Crippen LogP contribution >= 0.6 is 11.6 Å². The Balaban J connectivity index is 2.08. The van der Waals surface area contributed by atoms with Crippen molar-refractivity contribution in [3.05, 3.63) is 58.4 Å². The number of fused-ring (bicyclic) bond motifs is 1. The maximum atomic E-state index is 13.9. The van der Waals surface area contributed by atoms with Gasteiger partial charge in [0.25, 0.3) is 0 Å². The van der Waals surface area contributed by atoms with E-state index in [1.165, 1.54) is 12.1 Å². The number of nitrogens with zero attached hydrogens (tertiary/aromatic N) is 2. The van der Waals surface area contributed by atoms with Gasteiger partial charge in [0.15, 0.2) is 0 Å². The fourth-order valence-corrected chi connectivity index (χ4v) is 2.94. The number of carbonyl (C=O) groups excluding carboxylic acids is 1. The molecule has 132 valence electrons. The fraction of sp³-hybridized carbons (Fsp3) is 0.167. The number of rotatable bonds is 4. The third-order valence-corrected chi connectivity index (χ3v) is 4.68. The summed E-state index contributed by atoms with van der Waals surface area (Å²) in [6, 6.07) is 7.05. The third-order valence-electron chi connectivity index (χ3n) is 4.29. The molecule has 3 rings (SSSR count). The number of amides is 1. The summed E-state index contributed by atoms with van der Waals surface area (Å²) in [5.41, 5.74) is 13.5. The van der Waals surface area contributed by atoms with Gasteiger partial charge in [0.1, 0.15) is 17.2 Å².